The molecule has 1 aliphatic heterocycles. The van der Waals surface area contributed by atoms with Crippen LogP contribution in [0.5, 0.6) is 5.75 Å². The number of nitrogens with one attached hydrogen (secondary N) is 1. The van der Waals surface area contributed by atoms with E-state index in [1.54, 1.807) is 12.1 Å². The third-order valence-corrected chi connectivity index (χ3v) is 3.43. The van der Waals surface area contributed by atoms with Crippen molar-refractivity contribution in [3.05, 3.63) is 26.6 Å². The van der Waals surface area contributed by atoms with Crippen molar-refractivity contribution in [3.63, 3.8) is 0 Å². The highest BCUT2D eigenvalue weighted by atomic mass is 79.9. The molecule has 0 radical (unpaired) electrons. The van der Waals surface area contributed by atoms with E-state index < -0.39 is 6.09 Å². The summed E-state index contributed by atoms with van der Waals surface area (Å²) < 4.78 is 6.21. The first kappa shape index (κ1) is 14.6. The summed E-state index contributed by atoms with van der Waals surface area (Å²) in [5.41, 5.74) is 0.679. The van der Waals surface area contributed by atoms with Crippen LogP contribution in [0.4, 0.5) is 4.79 Å². The van der Waals surface area contributed by atoms with Crippen molar-refractivity contribution in [2.45, 2.75) is 12.5 Å². The lowest BCUT2D eigenvalue weighted by Crippen LogP contribution is -2.35. The molecule has 7 heteroatoms. The smallest absolute Gasteiger partial charge is 0.407 e. The van der Waals surface area contributed by atoms with Crippen molar-refractivity contribution in [2.24, 2.45) is 0 Å². The number of cyclic esters (lactones) is 1. The molecule has 1 saturated heterocycles. The topological polar surface area (TPSA) is 58.6 Å². The third-order valence-electron chi connectivity index (χ3n) is 2.36. The number of rotatable bonds is 1. The second kappa shape index (κ2) is 5.93. The molecule has 1 fully saturated rings. The van der Waals surface area contributed by atoms with E-state index >= 15 is 0 Å². The van der Waals surface area contributed by atoms with E-state index in [4.69, 9.17) is 4.74 Å². The van der Waals surface area contributed by atoms with Gasteiger partial charge in [0.15, 0.2) is 0 Å². The molecule has 1 heterocycles. The molecule has 0 bridgehead atoms. The van der Waals surface area contributed by atoms with E-state index in [2.05, 4.69) is 37.2 Å². The summed E-state index contributed by atoms with van der Waals surface area (Å²) in [6.07, 6.45) is 0.189. The van der Waals surface area contributed by atoms with Crippen molar-refractivity contribution in [1.82, 2.24) is 5.32 Å². The van der Waals surface area contributed by atoms with Crippen LogP contribution in [0.1, 0.15) is 18.0 Å². The number of ether oxygens (including phenoxy) is 1. The van der Waals surface area contributed by atoms with Crippen LogP contribution in [0, 0.1) is 0 Å². The summed E-state index contributed by atoms with van der Waals surface area (Å²) in [4.78, 5) is 11.1. The highest BCUT2D eigenvalue weighted by molar-refractivity contribution is 9.11. The molecular weight excluding hydrogens is 377 g/mol. The van der Waals surface area contributed by atoms with Gasteiger partial charge in [0.05, 0.1) is 17.1 Å². The number of alkyl carbamates (subject to hydrolysis) is 1. The Hall–Kier alpha value is -0.460. The van der Waals surface area contributed by atoms with Crippen molar-refractivity contribution in [1.29, 1.82) is 0 Å². The van der Waals surface area contributed by atoms with Gasteiger partial charge in [0.2, 0.25) is 0 Å². The molecule has 4 nitrogen and oxygen atoms in total. The van der Waals surface area contributed by atoms with Gasteiger partial charge in [-0.1, -0.05) is 15.9 Å². The van der Waals surface area contributed by atoms with Crippen molar-refractivity contribution < 1.29 is 14.6 Å². The van der Waals surface area contributed by atoms with Gasteiger partial charge in [-0.25, -0.2) is 4.79 Å². The van der Waals surface area contributed by atoms with Gasteiger partial charge in [0.1, 0.15) is 5.75 Å². The molecule has 0 aromatic heterocycles. The fourth-order valence-corrected chi connectivity index (χ4v) is 2.87. The summed E-state index contributed by atoms with van der Waals surface area (Å²) in [6, 6.07) is 3.33. The van der Waals surface area contributed by atoms with E-state index in [-0.39, 0.29) is 24.2 Å². The number of halogens is 3. The van der Waals surface area contributed by atoms with Crippen molar-refractivity contribution in [3.8, 4) is 5.75 Å². The predicted molar refractivity (Wildman–Crippen MR) is 72.6 cm³/mol. The second-order valence-electron chi connectivity index (χ2n) is 3.45. The quantitative estimate of drug-likeness (QED) is 0.775. The summed E-state index contributed by atoms with van der Waals surface area (Å²) in [6.45, 7) is 0.361. The Labute approximate surface area is 121 Å². The fourth-order valence-electron chi connectivity index (χ4n) is 1.61. The number of phenolic OH excluding ortho intramolecular Hbond substituents is 1. The number of amides is 1. The van der Waals surface area contributed by atoms with Gasteiger partial charge in [0, 0.05) is 16.5 Å². The van der Waals surface area contributed by atoms with Crippen LogP contribution >= 0.6 is 44.3 Å². The zero-order valence-electron chi connectivity index (χ0n) is 8.57. The maximum Gasteiger partial charge on any atom is 0.407 e. The Morgan fingerprint density at radius 1 is 1.41 bits per heavy atom. The average molecular weight is 387 g/mol. The molecule has 0 aliphatic carbocycles. The largest absolute Gasteiger partial charge is 0.506 e. The molecule has 1 aliphatic rings. The van der Waals surface area contributed by atoms with E-state index in [9.17, 15) is 9.90 Å². The van der Waals surface area contributed by atoms with Gasteiger partial charge in [0.25, 0.3) is 0 Å². The molecule has 1 amide bonds. The maximum atomic E-state index is 11.1. The van der Waals surface area contributed by atoms with E-state index in [0.717, 1.165) is 4.47 Å². The van der Waals surface area contributed by atoms with Crippen LogP contribution in [0.15, 0.2) is 21.1 Å². The van der Waals surface area contributed by atoms with Gasteiger partial charge in [-0.15, -0.1) is 12.4 Å². The fraction of sp³-hybridized carbons (Fsp3) is 0.300. The van der Waals surface area contributed by atoms with Crippen molar-refractivity contribution >= 4 is 50.4 Å². The SMILES string of the molecule is Cl.O=C1N[C@H](c2cc(Br)cc(Br)c2O)CCO1. The molecule has 0 unspecified atom stereocenters. The van der Waals surface area contributed by atoms with Crippen molar-refractivity contribution in [2.75, 3.05) is 6.61 Å². The standard InChI is InChI=1S/C10H9Br2NO3.ClH/c11-5-3-6(9(14)7(12)4-5)8-1-2-16-10(15)13-8;/h3-4,8,14H,1-2H2,(H,13,15);1H/t8-;/m0./s1. The van der Waals surface area contributed by atoms with Gasteiger partial charge in [-0.2, -0.15) is 0 Å². The zero-order valence-corrected chi connectivity index (χ0v) is 12.6. The molecule has 0 saturated carbocycles. The van der Waals surface area contributed by atoms with Gasteiger partial charge in [-0.3, -0.25) is 0 Å². The first-order valence-corrected chi connectivity index (χ1v) is 6.27. The van der Waals surface area contributed by atoms with Crippen LogP contribution in [-0.2, 0) is 4.74 Å². The Kier molecular flexibility index (Phi) is 5.09. The molecule has 0 spiro atoms. The number of hydrogen-bond donors (Lipinski definition) is 2. The van der Waals surface area contributed by atoms with E-state index in [0.29, 0.717) is 23.1 Å². The third kappa shape index (κ3) is 3.26. The number of benzene rings is 1. The summed E-state index contributed by atoms with van der Waals surface area (Å²) in [5, 5.41) is 12.6. The zero-order chi connectivity index (χ0) is 11.7. The van der Waals surface area contributed by atoms with Gasteiger partial charge < -0.3 is 15.2 Å². The lowest BCUT2D eigenvalue weighted by atomic mass is 10.0. The molecule has 2 rings (SSSR count). The van der Waals surface area contributed by atoms with Gasteiger partial charge in [-0.05, 0) is 28.1 Å². The molecule has 1 aromatic carbocycles. The summed E-state index contributed by atoms with van der Waals surface area (Å²) in [7, 11) is 0. The molecule has 17 heavy (non-hydrogen) atoms. The van der Waals surface area contributed by atoms with E-state index in [1.807, 2.05) is 0 Å². The molecular formula is C10H10Br2ClNO3. The maximum absolute atomic E-state index is 11.1. The molecule has 94 valence electrons. The highest BCUT2D eigenvalue weighted by Gasteiger charge is 2.24. The summed E-state index contributed by atoms with van der Waals surface area (Å²) >= 11 is 6.60. The normalized spacial score (nSPS) is 18.9. The Morgan fingerprint density at radius 3 is 2.76 bits per heavy atom. The summed E-state index contributed by atoms with van der Waals surface area (Å²) in [5.74, 6) is 0.149. The first-order valence-electron chi connectivity index (χ1n) is 4.69. The van der Waals surface area contributed by atoms with Crippen LogP contribution in [0.3, 0.4) is 0 Å². The average Bonchev–Trinajstić information content (AvgIpc) is 2.23. The number of carbonyl (C=O) groups excluding carboxylic acids is 1. The number of hydrogen-bond acceptors (Lipinski definition) is 3. The lowest BCUT2D eigenvalue weighted by molar-refractivity contribution is 0.115. The Morgan fingerprint density at radius 2 is 2.12 bits per heavy atom. The van der Waals surface area contributed by atoms with E-state index in [1.165, 1.54) is 0 Å². The Bertz CT molecular complexity index is 442. The highest BCUT2D eigenvalue weighted by Crippen LogP contribution is 2.36. The molecule has 1 atom stereocenters. The van der Waals surface area contributed by atoms with Crippen LogP contribution in [0.25, 0.3) is 0 Å². The monoisotopic (exact) mass is 385 g/mol. The predicted octanol–water partition coefficient (Wildman–Crippen LogP) is 3.51. The second-order valence-corrected chi connectivity index (χ2v) is 5.22. The Balaban J connectivity index is 0.00000144. The first-order chi connectivity index (χ1) is 7.58. The minimum atomic E-state index is -0.452. The van der Waals surface area contributed by atoms with Crippen LogP contribution in [-0.4, -0.2) is 17.8 Å². The molecule has 1 aromatic rings. The number of aromatic hydroxyl groups is 1. The van der Waals surface area contributed by atoms with Crippen LogP contribution in [0.2, 0.25) is 0 Å². The minimum Gasteiger partial charge on any atom is -0.506 e. The minimum absolute atomic E-state index is 0. The van der Waals surface area contributed by atoms with Crippen LogP contribution < -0.4 is 5.32 Å². The number of carbonyl (C=O) groups is 1. The number of phenols is 1. The van der Waals surface area contributed by atoms with Gasteiger partial charge >= 0.3 is 6.09 Å². The molecule has 2 N–H and O–H groups in total. The lowest BCUT2D eigenvalue weighted by Gasteiger charge is -2.24.